The van der Waals surface area contributed by atoms with Crippen molar-refractivity contribution in [2.75, 3.05) is 20.6 Å². The number of amides is 2. The average molecular weight is 389 g/mol. The molecule has 0 aliphatic heterocycles. The van der Waals surface area contributed by atoms with Crippen molar-refractivity contribution >= 4 is 6.03 Å². The van der Waals surface area contributed by atoms with Crippen molar-refractivity contribution in [1.82, 2.24) is 10.2 Å². The lowest BCUT2D eigenvalue weighted by molar-refractivity contribution is 0.0493. The molecule has 3 aromatic rings. The molecule has 0 heterocycles. The molecule has 1 unspecified atom stereocenters. The maximum absolute atomic E-state index is 12.3. The Bertz CT molecular complexity index is 900. The molecule has 0 spiro atoms. The van der Waals surface area contributed by atoms with Crippen molar-refractivity contribution in [3.05, 3.63) is 107 Å². The third-order valence-electron chi connectivity index (χ3n) is 5.36. The molecule has 3 aromatic carbocycles. The zero-order valence-corrected chi connectivity index (χ0v) is 17.2. The first-order chi connectivity index (χ1) is 13.9. The van der Waals surface area contributed by atoms with E-state index in [4.69, 9.17) is 0 Å². The zero-order valence-electron chi connectivity index (χ0n) is 17.2. The number of hydrogen-bond acceptors (Lipinski definition) is 2. The van der Waals surface area contributed by atoms with Gasteiger partial charge in [0.15, 0.2) is 0 Å². The van der Waals surface area contributed by atoms with Gasteiger partial charge in [-0.15, -0.1) is 0 Å². The molecule has 0 saturated carbocycles. The molecule has 0 radical (unpaired) electrons. The summed E-state index contributed by atoms with van der Waals surface area (Å²) in [6.07, 6.45) is 0. The van der Waals surface area contributed by atoms with Crippen LogP contribution in [0.25, 0.3) is 0 Å². The predicted octanol–water partition coefficient (Wildman–Crippen LogP) is 4.29. The molecule has 3 rings (SSSR count). The molecule has 0 aliphatic rings. The highest BCUT2D eigenvalue weighted by Gasteiger charge is 2.41. The third-order valence-corrected chi connectivity index (χ3v) is 5.36. The second-order valence-corrected chi connectivity index (χ2v) is 7.49. The summed E-state index contributed by atoms with van der Waals surface area (Å²) in [5.41, 5.74) is 2.34. The highest BCUT2D eigenvalue weighted by atomic mass is 16.3. The second-order valence-electron chi connectivity index (χ2n) is 7.49. The monoisotopic (exact) mass is 388 g/mol. The van der Waals surface area contributed by atoms with Crippen LogP contribution in [0.15, 0.2) is 84.9 Å². The van der Waals surface area contributed by atoms with Crippen LogP contribution < -0.4 is 5.32 Å². The van der Waals surface area contributed by atoms with E-state index in [1.165, 1.54) is 4.90 Å². The molecule has 2 N–H and O–H groups in total. The van der Waals surface area contributed by atoms with Gasteiger partial charge in [0.2, 0.25) is 0 Å². The number of aliphatic hydroxyl groups is 1. The number of nitrogens with one attached hydrogen (secondary N) is 1. The summed E-state index contributed by atoms with van der Waals surface area (Å²) in [7, 11) is 3.41. The van der Waals surface area contributed by atoms with Gasteiger partial charge in [0.25, 0.3) is 0 Å². The molecule has 0 fully saturated rings. The van der Waals surface area contributed by atoms with Gasteiger partial charge >= 0.3 is 6.03 Å². The first-order valence-electron chi connectivity index (χ1n) is 9.78. The molecule has 4 heteroatoms. The number of rotatable bonds is 6. The van der Waals surface area contributed by atoms with E-state index in [9.17, 15) is 9.90 Å². The van der Waals surface area contributed by atoms with Crippen LogP contribution in [-0.2, 0) is 5.60 Å². The summed E-state index contributed by atoms with van der Waals surface area (Å²) in [4.78, 5) is 13.8. The van der Waals surface area contributed by atoms with Gasteiger partial charge in [0.1, 0.15) is 5.60 Å². The largest absolute Gasteiger partial charge is 0.380 e. The van der Waals surface area contributed by atoms with Crippen molar-refractivity contribution in [3.8, 4) is 0 Å². The summed E-state index contributed by atoms with van der Waals surface area (Å²) >= 11 is 0. The number of nitrogens with zero attached hydrogens (tertiary/aromatic N) is 1. The lowest BCUT2D eigenvalue weighted by Gasteiger charge is -2.38. The van der Waals surface area contributed by atoms with Gasteiger partial charge in [-0.25, -0.2) is 4.79 Å². The lowest BCUT2D eigenvalue weighted by Crippen LogP contribution is -2.44. The Kier molecular flexibility index (Phi) is 6.35. The molecule has 0 aromatic heterocycles. The van der Waals surface area contributed by atoms with E-state index >= 15 is 0 Å². The topological polar surface area (TPSA) is 52.6 Å². The van der Waals surface area contributed by atoms with E-state index in [0.29, 0.717) is 6.54 Å². The van der Waals surface area contributed by atoms with E-state index in [1.807, 2.05) is 91.9 Å². The summed E-state index contributed by atoms with van der Waals surface area (Å²) in [6, 6.07) is 27.2. The fourth-order valence-electron chi connectivity index (χ4n) is 3.76. The zero-order chi connectivity index (χ0) is 20.9. The van der Waals surface area contributed by atoms with E-state index in [0.717, 1.165) is 22.3 Å². The van der Waals surface area contributed by atoms with Gasteiger partial charge in [-0.3, -0.25) is 0 Å². The fraction of sp³-hybridized carbons (Fsp3) is 0.240. The van der Waals surface area contributed by atoms with Crippen molar-refractivity contribution in [3.63, 3.8) is 0 Å². The van der Waals surface area contributed by atoms with E-state index in [1.54, 1.807) is 14.1 Å². The second kappa shape index (κ2) is 8.93. The van der Waals surface area contributed by atoms with E-state index in [-0.39, 0.29) is 11.9 Å². The van der Waals surface area contributed by atoms with Gasteiger partial charge in [0.05, 0.1) is 0 Å². The minimum atomic E-state index is -1.31. The first kappa shape index (κ1) is 20.6. The van der Waals surface area contributed by atoms with E-state index in [2.05, 4.69) is 5.32 Å². The number of carbonyl (C=O) groups excluding carboxylic acids is 1. The van der Waals surface area contributed by atoms with Crippen LogP contribution in [0.4, 0.5) is 4.79 Å². The smallest absolute Gasteiger partial charge is 0.316 e. The fourth-order valence-corrected chi connectivity index (χ4v) is 3.76. The molecule has 0 saturated heterocycles. The minimum absolute atomic E-state index is 0.188. The molecule has 150 valence electrons. The summed E-state index contributed by atoms with van der Waals surface area (Å²) < 4.78 is 0. The number of hydrogen-bond donors (Lipinski definition) is 2. The Labute approximate surface area is 172 Å². The standard InChI is InChI=1S/C25H28N2O2/c1-19-12-10-11-17-22(19)23(18-26-24(28)27(2)3)25(29,20-13-6-4-7-14-20)21-15-8-5-9-16-21/h4-17,23,29H,18H2,1-3H3,(H,26,28). The SMILES string of the molecule is Cc1ccccc1C(CNC(=O)N(C)C)C(O)(c1ccccc1)c1ccccc1. The highest BCUT2D eigenvalue weighted by Crippen LogP contribution is 2.43. The van der Waals surface area contributed by atoms with Gasteiger partial charge in [-0.2, -0.15) is 0 Å². The maximum atomic E-state index is 12.3. The average Bonchev–Trinajstić information content (AvgIpc) is 2.75. The van der Waals surface area contributed by atoms with Crippen LogP contribution in [0.1, 0.15) is 28.2 Å². The van der Waals surface area contributed by atoms with Crippen LogP contribution in [0.3, 0.4) is 0 Å². The Morgan fingerprint density at radius 1 is 0.897 bits per heavy atom. The quantitative estimate of drug-likeness (QED) is 0.662. The van der Waals surface area contributed by atoms with Crippen LogP contribution in [0, 0.1) is 6.92 Å². The van der Waals surface area contributed by atoms with Crippen molar-refractivity contribution in [2.24, 2.45) is 0 Å². The molecule has 4 nitrogen and oxygen atoms in total. The molecule has 1 atom stereocenters. The lowest BCUT2D eigenvalue weighted by atomic mass is 9.72. The third kappa shape index (κ3) is 4.33. The molecule has 0 aliphatic carbocycles. The van der Waals surface area contributed by atoms with Gasteiger partial charge in [-0.1, -0.05) is 84.9 Å². The maximum Gasteiger partial charge on any atom is 0.316 e. The van der Waals surface area contributed by atoms with Crippen molar-refractivity contribution in [2.45, 2.75) is 18.4 Å². The minimum Gasteiger partial charge on any atom is -0.380 e. The Hall–Kier alpha value is -3.11. The highest BCUT2D eigenvalue weighted by molar-refractivity contribution is 5.73. The predicted molar refractivity (Wildman–Crippen MR) is 117 cm³/mol. The number of benzene rings is 3. The van der Waals surface area contributed by atoms with E-state index < -0.39 is 5.60 Å². The summed E-state index contributed by atoms with van der Waals surface area (Å²) in [6.45, 7) is 2.33. The normalized spacial score (nSPS) is 12.3. The number of aryl methyl sites for hydroxylation is 1. The molecule has 29 heavy (non-hydrogen) atoms. The van der Waals surface area contributed by atoms with Crippen molar-refractivity contribution in [1.29, 1.82) is 0 Å². The summed E-state index contributed by atoms with van der Waals surface area (Å²) in [5.74, 6) is -0.377. The van der Waals surface area contributed by atoms with Crippen LogP contribution >= 0.6 is 0 Å². The number of urea groups is 1. The van der Waals surface area contributed by atoms with Crippen molar-refractivity contribution < 1.29 is 9.90 Å². The molecule has 0 bridgehead atoms. The van der Waals surface area contributed by atoms with Crippen LogP contribution in [-0.4, -0.2) is 36.7 Å². The number of carbonyl (C=O) groups is 1. The molecular weight excluding hydrogens is 360 g/mol. The Balaban J connectivity index is 2.17. The van der Waals surface area contributed by atoms with Gasteiger partial charge < -0.3 is 15.3 Å². The van der Waals surface area contributed by atoms with Gasteiger partial charge in [0, 0.05) is 26.6 Å². The molecular formula is C25H28N2O2. The Morgan fingerprint density at radius 3 is 1.86 bits per heavy atom. The Morgan fingerprint density at radius 2 is 1.38 bits per heavy atom. The first-order valence-corrected chi connectivity index (χ1v) is 9.78. The van der Waals surface area contributed by atoms with Crippen LogP contribution in [0.5, 0.6) is 0 Å². The molecule has 2 amide bonds. The summed E-state index contributed by atoms with van der Waals surface area (Å²) in [5, 5.41) is 15.3. The van der Waals surface area contributed by atoms with Crippen LogP contribution in [0.2, 0.25) is 0 Å². The van der Waals surface area contributed by atoms with Gasteiger partial charge in [-0.05, 0) is 29.2 Å².